The van der Waals surface area contributed by atoms with Crippen molar-refractivity contribution in [1.82, 2.24) is 9.78 Å². The molecule has 0 saturated heterocycles. The van der Waals surface area contributed by atoms with Gasteiger partial charge in [0.15, 0.2) is 0 Å². The molecule has 4 aromatic rings. The standard InChI is InChI=1S/C21H12Cl4N2/c22-15-5-1-13(2-6-15)19-12-21(14-3-7-16(23)8-4-14)27(26-19)20-10-9-17(24)11-18(20)25/h1-12H. The van der Waals surface area contributed by atoms with E-state index in [0.29, 0.717) is 20.1 Å². The van der Waals surface area contributed by atoms with Gasteiger partial charge >= 0.3 is 0 Å². The molecule has 0 spiro atoms. The fraction of sp³-hybridized carbons (Fsp3) is 0. The second kappa shape index (κ2) is 7.57. The molecule has 134 valence electrons. The molecule has 6 heteroatoms. The molecule has 1 heterocycles. The molecular formula is C21H12Cl4N2. The summed E-state index contributed by atoms with van der Waals surface area (Å²) in [6.45, 7) is 0. The summed E-state index contributed by atoms with van der Waals surface area (Å²) in [5.74, 6) is 0. The van der Waals surface area contributed by atoms with Gasteiger partial charge in [0.25, 0.3) is 0 Å². The quantitative estimate of drug-likeness (QED) is 0.322. The maximum absolute atomic E-state index is 6.44. The van der Waals surface area contributed by atoms with Gasteiger partial charge in [0.2, 0.25) is 0 Å². The molecule has 4 rings (SSSR count). The molecule has 3 aromatic carbocycles. The first-order valence-corrected chi connectivity index (χ1v) is 9.60. The van der Waals surface area contributed by atoms with E-state index in [0.717, 1.165) is 28.2 Å². The number of nitrogens with zero attached hydrogens (tertiary/aromatic N) is 2. The van der Waals surface area contributed by atoms with Crippen molar-refractivity contribution < 1.29 is 0 Å². The molecule has 0 bridgehead atoms. The lowest BCUT2D eigenvalue weighted by atomic mass is 10.1. The van der Waals surface area contributed by atoms with Crippen LogP contribution in [-0.2, 0) is 0 Å². The maximum Gasteiger partial charge on any atom is 0.0934 e. The lowest BCUT2D eigenvalue weighted by Crippen LogP contribution is -2.00. The Hall–Kier alpha value is -1.97. The Kier molecular flexibility index (Phi) is 5.16. The monoisotopic (exact) mass is 432 g/mol. The van der Waals surface area contributed by atoms with Crippen LogP contribution in [0.5, 0.6) is 0 Å². The normalized spacial score (nSPS) is 11.0. The van der Waals surface area contributed by atoms with Crippen LogP contribution in [0.25, 0.3) is 28.2 Å². The Morgan fingerprint density at radius 3 is 1.74 bits per heavy atom. The highest BCUT2D eigenvalue weighted by molar-refractivity contribution is 6.35. The number of hydrogen-bond donors (Lipinski definition) is 0. The third kappa shape index (κ3) is 3.85. The average Bonchev–Trinajstić information content (AvgIpc) is 3.08. The number of aromatic nitrogens is 2. The van der Waals surface area contributed by atoms with Crippen molar-refractivity contribution in [2.45, 2.75) is 0 Å². The Balaban J connectivity index is 1.92. The Bertz CT molecular complexity index is 1100. The summed E-state index contributed by atoms with van der Waals surface area (Å²) in [6, 6.07) is 22.5. The molecule has 0 unspecified atom stereocenters. The summed E-state index contributed by atoms with van der Waals surface area (Å²) in [5, 5.41) is 7.22. The van der Waals surface area contributed by atoms with Crippen LogP contribution in [0, 0.1) is 0 Å². The first-order valence-electron chi connectivity index (χ1n) is 8.08. The molecule has 0 amide bonds. The summed E-state index contributed by atoms with van der Waals surface area (Å²) in [6.07, 6.45) is 0. The van der Waals surface area contributed by atoms with E-state index in [1.54, 1.807) is 12.1 Å². The smallest absolute Gasteiger partial charge is 0.0934 e. The second-order valence-electron chi connectivity index (χ2n) is 5.94. The molecule has 0 aliphatic carbocycles. The van der Waals surface area contributed by atoms with Gasteiger partial charge in [-0.1, -0.05) is 70.7 Å². The van der Waals surface area contributed by atoms with Crippen molar-refractivity contribution in [3.05, 3.63) is 92.9 Å². The van der Waals surface area contributed by atoms with Crippen LogP contribution in [0.1, 0.15) is 0 Å². The van der Waals surface area contributed by atoms with Crippen LogP contribution in [-0.4, -0.2) is 9.78 Å². The van der Waals surface area contributed by atoms with Crippen molar-refractivity contribution in [3.8, 4) is 28.2 Å². The Morgan fingerprint density at radius 1 is 0.593 bits per heavy atom. The van der Waals surface area contributed by atoms with Crippen LogP contribution in [0.4, 0.5) is 0 Å². The van der Waals surface area contributed by atoms with E-state index < -0.39 is 0 Å². The summed E-state index contributed by atoms with van der Waals surface area (Å²) in [4.78, 5) is 0. The summed E-state index contributed by atoms with van der Waals surface area (Å²) in [7, 11) is 0. The number of rotatable bonds is 3. The minimum Gasteiger partial charge on any atom is -0.231 e. The Labute approximate surface area is 176 Å². The molecule has 1 aromatic heterocycles. The zero-order valence-electron chi connectivity index (χ0n) is 13.8. The average molecular weight is 434 g/mol. The topological polar surface area (TPSA) is 17.8 Å². The van der Waals surface area contributed by atoms with E-state index in [1.807, 2.05) is 65.3 Å². The minimum atomic E-state index is 0.517. The predicted octanol–water partition coefficient (Wildman–Crippen LogP) is 7.82. The second-order valence-corrected chi connectivity index (χ2v) is 7.65. The van der Waals surface area contributed by atoms with Crippen LogP contribution in [0.15, 0.2) is 72.8 Å². The summed E-state index contributed by atoms with van der Waals surface area (Å²) in [5.41, 5.74) is 4.37. The number of benzene rings is 3. The highest BCUT2D eigenvalue weighted by Crippen LogP contribution is 2.33. The molecule has 0 radical (unpaired) electrons. The van der Waals surface area contributed by atoms with Crippen LogP contribution in [0.2, 0.25) is 20.1 Å². The van der Waals surface area contributed by atoms with Gasteiger partial charge in [0, 0.05) is 26.2 Å². The summed E-state index contributed by atoms with van der Waals surface area (Å²) < 4.78 is 1.81. The Morgan fingerprint density at radius 2 is 1.15 bits per heavy atom. The van der Waals surface area contributed by atoms with E-state index in [9.17, 15) is 0 Å². The van der Waals surface area contributed by atoms with Gasteiger partial charge in [0.1, 0.15) is 0 Å². The van der Waals surface area contributed by atoms with Gasteiger partial charge in [-0.15, -0.1) is 0 Å². The molecule has 0 aliphatic rings. The van der Waals surface area contributed by atoms with Crippen molar-refractivity contribution in [3.63, 3.8) is 0 Å². The van der Waals surface area contributed by atoms with Gasteiger partial charge < -0.3 is 0 Å². The van der Waals surface area contributed by atoms with Crippen molar-refractivity contribution in [1.29, 1.82) is 0 Å². The molecule has 0 aliphatic heterocycles. The van der Waals surface area contributed by atoms with Gasteiger partial charge in [0.05, 0.1) is 22.1 Å². The van der Waals surface area contributed by atoms with Gasteiger partial charge in [-0.05, 0) is 48.5 Å². The van der Waals surface area contributed by atoms with Gasteiger partial charge in [-0.3, -0.25) is 0 Å². The highest BCUT2D eigenvalue weighted by Gasteiger charge is 2.15. The first-order chi connectivity index (χ1) is 13.0. The lowest BCUT2D eigenvalue weighted by molar-refractivity contribution is 0.892. The lowest BCUT2D eigenvalue weighted by Gasteiger charge is -2.10. The molecule has 2 nitrogen and oxygen atoms in total. The fourth-order valence-electron chi connectivity index (χ4n) is 2.81. The SMILES string of the molecule is Clc1ccc(-c2cc(-c3ccc(Cl)cc3)n(-c3ccc(Cl)cc3Cl)n2)cc1. The molecule has 0 atom stereocenters. The molecule has 0 saturated carbocycles. The highest BCUT2D eigenvalue weighted by atomic mass is 35.5. The van der Waals surface area contributed by atoms with Crippen LogP contribution < -0.4 is 0 Å². The molecular weight excluding hydrogens is 422 g/mol. The van der Waals surface area contributed by atoms with Crippen LogP contribution >= 0.6 is 46.4 Å². The van der Waals surface area contributed by atoms with E-state index in [2.05, 4.69) is 0 Å². The van der Waals surface area contributed by atoms with E-state index in [4.69, 9.17) is 51.5 Å². The fourth-order valence-corrected chi connectivity index (χ4v) is 3.55. The van der Waals surface area contributed by atoms with Crippen molar-refractivity contribution in [2.24, 2.45) is 0 Å². The predicted molar refractivity (Wildman–Crippen MR) is 114 cm³/mol. The zero-order chi connectivity index (χ0) is 19.0. The molecule has 0 N–H and O–H groups in total. The van der Waals surface area contributed by atoms with Gasteiger partial charge in [-0.25, -0.2) is 4.68 Å². The van der Waals surface area contributed by atoms with Gasteiger partial charge in [-0.2, -0.15) is 5.10 Å². The first kappa shape index (κ1) is 18.4. The zero-order valence-corrected chi connectivity index (χ0v) is 16.9. The maximum atomic E-state index is 6.44. The van der Waals surface area contributed by atoms with E-state index in [-0.39, 0.29) is 0 Å². The third-order valence-corrected chi connectivity index (χ3v) is 5.17. The molecule has 0 fully saturated rings. The number of hydrogen-bond acceptors (Lipinski definition) is 1. The summed E-state index contributed by atoms with van der Waals surface area (Å²) >= 11 is 24.5. The largest absolute Gasteiger partial charge is 0.231 e. The van der Waals surface area contributed by atoms with Crippen molar-refractivity contribution >= 4 is 46.4 Å². The van der Waals surface area contributed by atoms with E-state index in [1.165, 1.54) is 0 Å². The molecule has 27 heavy (non-hydrogen) atoms. The third-order valence-electron chi connectivity index (χ3n) is 4.13. The van der Waals surface area contributed by atoms with Crippen LogP contribution in [0.3, 0.4) is 0 Å². The van der Waals surface area contributed by atoms with Crippen molar-refractivity contribution in [2.75, 3.05) is 0 Å². The number of halogens is 4. The minimum absolute atomic E-state index is 0.517. The van der Waals surface area contributed by atoms with E-state index >= 15 is 0 Å².